The Morgan fingerprint density at radius 1 is 1.00 bits per heavy atom. The van der Waals surface area contributed by atoms with E-state index in [0.717, 1.165) is 22.1 Å². The maximum Gasteiger partial charge on any atom is 0.230 e. The second-order valence-corrected chi connectivity index (χ2v) is 9.69. The van der Waals surface area contributed by atoms with Gasteiger partial charge >= 0.3 is 0 Å². The van der Waals surface area contributed by atoms with E-state index in [9.17, 15) is 13.2 Å². The number of rotatable bonds is 6. The van der Waals surface area contributed by atoms with Crippen LogP contribution in [0, 0.1) is 0 Å². The number of thiazole rings is 1. The molecule has 1 aromatic heterocycles. The molecule has 0 radical (unpaired) electrons. The van der Waals surface area contributed by atoms with Gasteiger partial charge in [-0.1, -0.05) is 36.4 Å². The fourth-order valence-corrected chi connectivity index (χ4v) is 4.41. The van der Waals surface area contributed by atoms with Gasteiger partial charge in [0, 0.05) is 28.4 Å². The third-order valence-corrected chi connectivity index (χ3v) is 6.43. The molecule has 3 aromatic carbocycles. The monoisotopic (exact) mass is 437 g/mol. The normalized spacial score (nSPS) is 11.4. The first-order chi connectivity index (χ1) is 14.4. The van der Waals surface area contributed by atoms with Crippen molar-refractivity contribution >= 4 is 54.4 Å². The molecule has 0 spiro atoms. The average molecular weight is 438 g/mol. The predicted octanol–water partition coefficient (Wildman–Crippen LogP) is 4.62. The fourth-order valence-electron chi connectivity index (χ4n) is 3.05. The van der Waals surface area contributed by atoms with Gasteiger partial charge in [0.15, 0.2) is 15.0 Å². The van der Waals surface area contributed by atoms with Crippen LogP contribution in [0.15, 0.2) is 77.0 Å². The van der Waals surface area contributed by atoms with Crippen LogP contribution in [-0.2, 0) is 21.1 Å². The van der Waals surface area contributed by atoms with Crippen LogP contribution in [0.3, 0.4) is 0 Å². The van der Waals surface area contributed by atoms with Crippen LogP contribution in [0.25, 0.3) is 10.8 Å². The smallest absolute Gasteiger partial charge is 0.230 e. The molecule has 0 saturated carbocycles. The molecule has 1 amide bonds. The third-order valence-electron chi connectivity index (χ3n) is 4.49. The number of sulfone groups is 1. The molecular formula is C22H19N3O3S2. The lowest BCUT2D eigenvalue weighted by molar-refractivity contribution is -0.115. The topological polar surface area (TPSA) is 88.2 Å². The van der Waals surface area contributed by atoms with Crippen molar-refractivity contribution < 1.29 is 13.2 Å². The SMILES string of the molecule is CS(=O)(=O)c1ccc(Nc2nc(CC(=O)Nc3cccc4ccccc34)cs2)cc1. The van der Waals surface area contributed by atoms with Gasteiger partial charge in [-0.2, -0.15) is 0 Å². The van der Waals surface area contributed by atoms with Crippen LogP contribution in [0.2, 0.25) is 0 Å². The number of hydrogen-bond donors (Lipinski definition) is 2. The van der Waals surface area contributed by atoms with Gasteiger partial charge in [0.05, 0.1) is 17.0 Å². The molecule has 0 fully saturated rings. The fraction of sp³-hybridized carbons (Fsp3) is 0.0909. The highest BCUT2D eigenvalue weighted by Gasteiger charge is 2.11. The number of carbonyl (C=O) groups excluding carboxylic acids is 1. The zero-order chi connectivity index (χ0) is 21.1. The Labute approximate surface area is 178 Å². The Morgan fingerprint density at radius 2 is 1.73 bits per heavy atom. The lowest BCUT2D eigenvalue weighted by Crippen LogP contribution is -2.14. The first-order valence-electron chi connectivity index (χ1n) is 9.18. The predicted molar refractivity (Wildman–Crippen MR) is 121 cm³/mol. The molecule has 0 aliphatic heterocycles. The number of benzene rings is 3. The molecule has 0 unspecified atom stereocenters. The van der Waals surface area contributed by atoms with Crippen LogP contribution < -0.4 is 10.6 Å². The molecule has 2 N–H and O–H groups in total. The largest absolute Gasteiger partial charge is 0.332 e. The Kier molecular flexibility index (Phi) is 5.52. The molecule has 1 heterocycles. The van der Waals surface area contributed by atoms with Crippen LogP contribution >= 0.6 is 11.3 Å². The number of fused-ring (bicyclic) bond motifs is 1. The molecular weight excluding hydrogens is 418 g/mol. The van der Waals surface area contributed by atoms with Gasteiger partial charge in [0.25, 0.3) is 0 Å². The lowest BCUT2D eigenvalue weighted by atomic mass is 10.1. The van der Waals surface area contributed by atoms with Crippen molar-refractivity contribution in [1.29, 1.82) is 0 Å². The Balaban J connectivity index is 1.41. The van der Waals surface area contributed by atoms with E-state index in [0.29, 0.717) is 10.8 Å². The van der Waals surface area contributed by atoms with Crippen LogP contribution in [0.4, 0.5) is 16.5 Å². The first kappa shape index (κ1) is 20.1. The standard InChI is InChI=1S/C22H19N3O3S2/c1-30(27,28)18-11-9-16(10-12-18)23-22-24-17(14-29-22)13-21(26)25-20-8-4-6-15-5-2-3-7-19(15)20/h2-12,14H,13H2,1H3,(H,23,24)(H,25,26). The van der Waals surface area contributed by atoms with Crippen molar-refractivity contribution in [3.8, 4) is 0 Å². The van der Waals surface area contributed by atoms with Gasteiger partial charge in [-0.25, -0.2) is 13.4 Å². The van der Waals surface area contributed by atoms with Crippen molar-refractivity contribution in [1.82, 2.24) is 4.98 Å². The zero-order valence-corrected chi connectivity index (χ0v) is 17.8. The molecule has 0 aliphatic rings. The van der Waals surface area contributed by atoms with Gasteiger partial charge in [0.2, 0.25) is 5.91 Å². The van der Waals surface area contributed by atoms with Gasteiger partial charge in [-0.05, 0) is 35.7 Å². The molecule has 8 heteroatoms. The second kappa shape index (κ2) is 8.25. The number of hydrogen-bond acceptors (Lipinski definition) is 6. The summed E-state index contributed by atoms with van der Waals surface area (Å²) in [6.07, 6.45) is 1.33. The van der Waals surface area contributed by atoms with Crippen LogP contribution in [0.1, 0.15) is 5.69 Å². The van der Waals surface area contributed by atoms with Crippen molar-refractivity contribution in [2.75, 3.05) is 16.9 Å². The van der Waals surface area contributed by atoms with Crippen molar-refractivity contribution in [3.63, 3.8) is 0 Å². The molecule has 152 valence electrons. The number of nitrogens with zero attached hydrogens (tertiary/aromatic N) is 1. The van der Waals surface area contributed by atoms with Crippen LogP contribution in [-0.4, -0.2) is 25.6 Å². The Bertz CT molecular complexity index is 1310. The summed E-state index contributed by atoms with van der Waals surface area (Å²) in [7, 11) is -3.23. The summed E-state index contributed by atoms with van der Waals surface area (Å²) in [4.78, 5) is 17.2. The molecule has 6 nitrogen and oxygen atoms in total. The summed E-state index contributed by atoms with van der Waals surface area (Å²) in [5.41, 5.74) is 2.16. The molecule has 0 atom stereocenters. The van der Waals surface area contributed by atoms with E-state index in [1.165, 1.54) is 17.6 Å². The summed E-state index contributed by atoms with van der Waals surface area (Å²) in [5.74, 6) is -0.138. The maximum absolute atomic E-state index is 12.5. The number of aromatic nitrogens is 1. The highest BCUT2D eigenvalue weighted by atomic mass is 32.2. The molecule has 0 saturated heterocycles. The Hall–Kier alpha value is -3.23. The number of amides is 1. The number of carbonyl (C=O) groups is 1. The van der Waals surface area contributed by atoms with E-state index in [2.05, 4.69) is 15.6 Å². The second-order valence-electron chi connectivity index (χ2n) is 6.82. The van der Waals surface area contributed by atoms with E-state index in [-0.39, 0.29) is 17.2 Å². The van der Waals surface area contributed by atoms with E-state index < -0.39 is 9.84 Å². The molecule has 4 aromatic rings. The summed E-state index contributed by atoms with van der Waals surface area (Å²) in [5, 5.41) is 10.6. The third kappa shape index (κ3) is 4.67. The Morgan fingerprint density at radius 3 is 2.50 bits per heavy atom. The molecule has 4 rings (SSSR count). The van der Waals surface area contributed by atoms with Crippen LogP contribution in [0.5, 0.6) is 0 Å². The van der Waals surface area contributed by atoms with Gasteiger partial charge in [-0.15, -0.1) is 11.3 Å². The highest BCUT2D eigenvalue weighted by Crippen LogP contribution is 2.25. The van der Waals surface area contributed by atoms with Crippen molar-refractivity contribution in [2.45, 2.75) is 11.3 Å². The first-order valence-corrected chi connectivity index (χ1v) is 11.9. The van der Waals surface area contributed by atoms with E-state index in [1.807, 2.05) is 47.8 Å². The summed E-state index contributed by atoms with van der Waals surface area (Å²) < 4.78 is 23.1. The minimum atomic E-state index is -3.23. The van der Waals surface area contributed by atoms with E-state index in [1.54, 1.807) is 24.3 Å². The van der Waals surface area contributed by atoms with Gasteiger partial charge < -0.3 is 10.6 Å². The zero-order valence-electron chi connectivity index (χ0n) is 16.1. The van der Waals surface area contributed by atoms with Crippen molar-refractivity contribution in [2.24, 2.45) is 0 Å². The van der Waals surface area contributed by atoms with E-state index in [4.69, 9.17) is 0 Å². The highest BCUT2D eigenvalue weighted by molar-refractivity contribution is 7.90. The van der Waals surface area contributed by atoms with Gasteiger partial charge in [0.1, 0.15) is 0 Å². The maximum atomic E-state index is 12.5. The number of nitrogens with one attached hydrogen (secondary N) is 2. The summed E-state index contributed by atoms with van der Waals surface area (Å²) >= 11 is 1.38. The summed E-state index contributed by atoms with van der Waals surface area (Å²) in [6, 6.07) is 20.2. The molecule has 0 bridgehead atoms. The lowest BCUT2D eigenvalue weighted by Gasteiger charge is -2.08. The van der Waals surface area contributed by atoms with Crippen molar-refractivity contribution in [3.05, 3.63) is 77.8 Å². The van der Waals surface area contributed by atoms with Gasteiger partial charge in [-0.3, -0.25) is 4.79 Å². The summed E-state index contributed by atoms with van der Waals surface area (Å²) in [6.45, 7) is 0. The molecule has 30 heavy (non-hydrogen) atoms. The quantitative estimate of drug-likeness (QED) is 0.459. The average Bonchev–Trinajstić information content (AvgIpc) is 3.14. The molecule has 0 aliphatic carbocycles. The number of anilines is 3. The minimum Gasteiger partial charge on any atom is -0.332 e. The minimum absolute atomic E-state index is 0.138. The van der Waals surface area contributed by atoms with E-state index >= 15 is 0 Å².